The van der Waals surface area contributed by atoms with Crippen LogP contribution in [0.15, 0.2) is 71.9 Å². The number of rotatable bonds is 5. The number of pyridine rings is 1. The minimum absolute atomic E-state index is 0.151. The fourth-order valence-corrected chi connectivity index (χ4v) is 3.68. The lowest BCUT2D eigenvalue weighted by Gasteiger charge is -2.21. The molecule has 0 radical (unpaired) electrons. The summed E-state index contributed by atoms with van der Waals surface area (Å²) < 4.78 is 7.59. The van der Waals surface area contributed by atoms with Crippen LogP contribution in [0.25, 0.3) is 17.2 Å². The molecular formula is C21H20N6O. The Bertz CT molecular complexity index is 1030. The number of likely N-dealkylation sites (tertiary alicyclic amines) is 1. The molecule has 1 fully saturated rings. The highest BCUT2D eigenvalue weighted by molar-refractivity contribution is 5.47. The molecule has 4 heterocycles. The second kappa shape index (κ2) is 7.36. The zero-order chi connectivity index (χ0) is 18.8. The first kappa shape index (κ1) is 16.8. The Balaban J connectivity index is 1.31. The molecule has 1 aliphatic heterocycles. The van der Waals surface area contributed by atoms with Crippen molar-refractivity contribution in [1.29, 1.82) is 0 Å². The van der Waals surface area contributed by atoms with Gasteiger partial charge in [0.25, 0.3) is 0 Å². The Hall–Kier alpha value is -3.32. The molecule has 5 rings (SSSR count). The van der Waals surface area contributed by atoms with Crippen LogP contribution in [0.1, 0.15) is 30.3 Å². The van der Waals surface area contributed by atoms with Crippen LogP contribution in [-0.2, 0) is 6.54 Å². The molecule has 0 N–H and O–H groups in total. The molecule has 1 atom stereocenters. The van der Waals surface area contributed by atoms with Crippen molar-refractivity contribution in [3.05, 3.63) is 78.8 Å². The minimum Gasteiger partial charge on any atom is -0.337 e. The van der Waals surface area contributed by atoms with Crippen LogP contribution in [0, 0.1) is 0 Å². The minimum atomic E-state index is 0.151. The second-order valence-electron chi connectivity index (χ2n) is 6.94. The van der Waals surface area contributed by atoms with Gasteiger partial charge in [0.05, 0.1) is 12.4 Å². The molecule has 28 heavy (non-hydrogen) atoms. The number of hydrogen-bond donors (Lipinski definition) is 0. The fraction of sp³-hybridized carbons (Fsp3) is 0.238. The number of nitrogens with zero attached hydrogens (tertiary/aromatic N) is 6. The van der Waals surface area contributed by atoms with Gasteiger partial charge in [-0.2, -0.15) is 4.98 Å². The SMILES string of the molecule is c1ccc(-c2noc([C@@H]3CCCN3Cc3ccc(-n4ccnc4)cc3)n2)nc1. The van der Waals surface area contributed by atoms with Crippen molar-refractivity contribution >= 4 is 0 Å². The first-order valence-corrected chi connectivity index (χ1v) is 9.43. The highest BCUT2D eigenvalue weighted by atomic mass is 16.5. The van der Waals surface area contributed by atoms with Crippen LogP contribution in [0.4, 0.5) is 0 Å². The second-order valence-corrected chi connectivity index (χ2v) is 6.94. The van der Waals surface area contributed by atoms with Crippen LogP contribution in [-0.4, -0.2) is 36.1 Å². The van der Waals surface area contributed by atoms with Crippen LogP contribution in [0.2, 0.25) is 0 Å². The number of aromatic nitrogens is 5. The molecule has 0 amide bonds. The zero-order valence-electron chi connectivity index (χ0n) is 15.3. The van der Waals surface area contributed by atoms with E-state index in [1.165, 1.54) is 5.56 Å². The Labute approximate surface area is 162 Å². The van der Waals surface area contributed by atoms with Gasteiger partial charge in [-0.3, -0.25) is 9.88 Å². The molecule has 7 heteroatoms. The third kappa shape index (κ3) is 3.32. The lowest BCUT2D eigenvalue weighted by Crippen LogP contribution is -2.23. The quantitative estimate of drug-likeness (QED) is 0.532. The molecule has 7 nitrogen and oxygen atoms in total. The summed E-state index contributed by atoms with van der Waals surface area (Å²) in [7, 11) is 0. The summed E-state index contributed by atoms with van der Waals surface area (Å²) in [5.74, 6) is 1.22. The summed E-state index contributed by atoms with van der Waals surface area (Å²) >= 11 is 0. The van der Waals surface area contributed by atoms with E-state index in [1.807, 2.05) is 29.0 Å². The molecule has 1 aliphatic rings. The van der Waals surface area contributed by atoms with Crippen molar-refractivity contribution in [3.8, 4) is 17.2 Å². The Morgan fingerprint density at radius 3 is 2.79 bits per heavy atom. The van der Waals surface area contributed by atoms with E-state index in [-0.39, 0.29) is 6.04 Å². The van der Waals surface area contributed by atoms with Crippen molar-refractivity contribution < 1.29 is 4.52 Å². The maximum Gasteiger partial charge on any atom is 0.244 e. The number of benzene rings is 1. The van der Waals surface area contributed by atoms with Gasteiger partial charge in [0.1, 0.15) is 5.69 Å². The molecule has 0 spiro atoms. The van der Waals surface area contributed by atoms with Crippen molar-refractivity contribution in [1.82, 2.24) is 29.6 Å². The average molecular weight is 372 g/mol. The van der Waals surface area contributed by atoms with Crippen molar-refractivity contribution in [2.24, 2.45) is 0 Å². The van der Waals surface area contributed by atoms with E-state index >= 15 is 0 Å². The van der Waals surface area contributed by atoms with Crippen LogP contribution >= 0.6 is 0 Å². The molecule has 0 bridgehead atoms. The van der Waals surface area contributed by atoms with Gasteiger partial charge in [0.2, 0.25) is 11.7 Å². The lowest BCUT2D eigenvalue weighted by atomic mass is 10.1. The Kier molecular flexibility index (Phi) is 4.42. The van der Waals surface area contributed by atoms with Gasteiger partial charge in [-0.1, -0.05) is 23.4 Å². The molecule has 1 aromatic carbocycles. The first-order valence-electron chi connectivity index (χ1n) is 9.43. The standard InChI is InChI=1S/C21H20N6O/c1-2-10-23-18(4-1)20-24-21(28-25-20)19-5-3-12-26(19)14-16-6-8-17(9-7-16)27-13-11-22-15-27/h1-2,4,6-11,13,15,19H,3,5,12,14H2/t19-/m0/s1. The van der Waals surface area contributed by atoms with Gasteiger partial charge in [-0.25, -0.2) is 4.98 Å². The summed E-state index contributed by atoms with van der Waals surface area (Å²) in [6, 6.07) is 14.4. The van der Waals surface area contributed by atoms with Crippen LogP contribution < -0.4 is 0 Å². The van der Waals surface area contributed by atoms with Gasteiger partial charge in [0, 0.05) is 30.8 Å². The maximum absolute atomic E-state index is 5.59. The molecule has 4 aromatic rings. The molecular weight excluding hydrogens is 352 g/mol. The van der Waals surface area contributed by atoms with Gasteiger partial charge < -0.3 is 9.09 Å². The summed E-state index contributed by atoms with van der Waals surface area (Å²) in [5.41, 5.74) is 3.11. The largest absolute Gasteiger partial charge is 0.337 e. The van der Waals surface area contributed by atoms with E-state index in [0.717, 1.165) is 37.3 Å². The van der Waals surface area contributed by atoms with Gasteiger partial charge in [0.15, 0.2) is 0 Å². The van der Waals surface area contributed by atoms with E-state index in [2.05, 4.69) is 49.3 Å². The monoisotopic (exact) mass is 372 g/mol. The fourth-order valence-electron chi connectivity index (χ4n) is 3.68. The topological polar surface area (TPSA) is 72.9 Å². The summed E-state index contributed by atoms with van der Waals surface area (Å²) in [6.45, 7) is 1.88. The predicted octanol–water partition coefficient (Wildman–Crippen LogP) is 3.65. The summed E-state index contributed by atoms with van der Waals surface area (Å²) in [5, 5.41) is 4.13. The van der Waals surface area contributed by atoms with Gasteiger partial charge in [-0.05, 0) is 49.2 Å². The van der Waals surface area contributed by atoms with Gasteiger partial charge in [-0.15, -0.1) is 0 Å². The van der Waals surface area contributed by atoms with E-state index in [1.54, 1.807) is 18.7 Å². The average Bonchev–Trinajstić information content (AvgIpc) is 3.51. The lowest BCUT2D eigenvalue weighted by molar-refractivity contribution is 0.201. The molecule has 0 unspecified atom stereocenters. The van der Waals surface area contributed by atoms with E-state index < -0.39 is 0 Å². The van der Waals surface area contributed by atoms with Crippen molar-refractivity contribution in [3.63, 3.8) is 0 Å². The third-order valence-corrected chi connectivity index (χ3v) is 5.11. The summed E-state index contributed by atoms with van der Waals surface area (Å²) in [6.07, 6.45) is 9.42. The van der Waals surface area contributed by atoms with Gasteiger partial charge >= 0.3 is 0 Å². The van der Waals surface area contributed by atoms with Crippen molar-refractivity contribution in [2.75, 3.05) is 6.54 Å². The first-order chi connectivity index (χ1) is 13.9. The van der Waals surface area contributed by atoms with Crippen molar-refractivity contribution in [2.45, 2.75) is 25.4 Å². The highest BCUT2D eigenvalue weighted by Gasteiger charge is 2.30. The van der Waals surface area contributed by atoms with E-state index in [0.29, 0.717) is 11.7 Å². The molecule has 1 saturated heterocycles. The van der Waals surface area contributed by atoms with Crippen LogP contribution in [0.5, 0.6) is 0 Å². The predicted molar refractivity (Wildman–Crippen MR) is 103 cm³/mol. The summed E-state index contributed by atoms with van der Waals surface area (Å²) in [4.78, 5) is 15.4. The maximum atomic E-state index is 5.59. The number of hydrogen-bond acceptors (Lipinski definition) is 6. The van der Waals surface area contributed by atoms with Crippen LogP contribution in [0.3, 0.4) is 0 Å². The Morgan fingerprint density at radius 2 is 2.00 bits per heavy atom. The number of imidazole rings is 1. The zero-order valence-corrected chi connectivity index (χ0v) is 15.3. The van der Waals surface area contributed by atoms with E-state index in [4.69, 9.17) is 4.52 Å². The molecule has 3 aromatic heterocycles. The normalized spacial score (nSPS) is 17.2. The molecule has 0 aliphatic carbocycles. The third-order valence-electron chi connectivity index (χ3n) is 5.11. The Morgan fingerprint density at radius 1 is 1.07 bits per heavy atom. The van der Waals surface area contributed by atoms with E-state index in [9.17, 15) is 0 Å². The molecule has 140 valence electrons. The smallest absolute Gasteiger partial charge is 0.244 e. The highest BCUT2D eigenvalue weighted by Crippen LogP contribution is 2.33. The molecule has 0 saturated carbocycles.